The Balaban J connectivity index is 2.55. The molecule has 3 nitrogen and oxygen atoms in total. The largest absolute Gasteiger partial charge is 0.384 e. The molecule has 0 heterocycles. The number of hydrogen-bond acceptors (Lipinski definition) is 3. The molecule has 0 aromatic heterocycles. The van der Waals surface area contributed by atoms with E-state index in [0.29, 0.717) is 25.2 Å². The molecule has 0 atom stereocenters. The highest BCUT2D eigenvalue weighted by Crippen LogP contribution is 2.30. The highest BCUT2D eigenvalue weighted by Gasteiger charge is 2.35. The Bertz CT molecular complexity index is 249. The molecule has 0 unspecified atom stereocenters. The van der Waals surface area contributed by atoms with Gasteiger partial charge < -0.3 is 14.2 Å². The van der Waals surface area contributed by atoms with Gasteiger partial charge in [0.1, 0.15) is 0 Å². The molecule has 0 N–H and O–H groups in total. The molecule has 0 amide bonds. The van der Waals surface area contributed by atoms with E-state index in [1.54, 1.807) is 14.2 Å². The molecule has 1 saturated carbocycles. The second kappa shape index (κ2) is 11.4. The average molecular weight is 315 g/mol. The first-order valence-electron chi connectivity index (χ1n) is 9.24. The topological polar surface area (TPSA) is 27.7 Å². The van der Waals surface area contributed by atoms with E-state index >= 15 is 0 Å². The zero-order valence-electron chi connectivity index (χ0n) is 15.4. The normalized spacial score (nSPS) is 19.5. The third-order valence-electron chi connectivity index (χ3n) is 5.25. The van der Waals surface area contributed by atoms with Crippen LogP contribution in [0.1, 0.15) is 71.6 Å². The van der Waals surface area contributed by atoms with Crippen LogP contribution < -0.4 is 0 Å². The van der Waals surface area contributed by atoms with Crippen LogP contribution in [0.3, 0.4) is 0 Å². The molecule has 0 aromatic carbocycles. The van der Waals surface area contributed by atoms with Gasteiger partial charge in [0.2, 0.25) is 0 Å². The quantitative estimate of drug-likeness (QED) is 0.642. The lowest BCUT2D eigenvalue weighted by Crippen LogP contribution is -2.42. The second-order valence-corrected chi connectivity index (χ2v) is 7.37. The van der Waals surface area contributed by atoms with Crippen LogP contribution in [0.4, 0.5) is 0 Å². The minimum absolute atomic E-state index is 0.0290. The molecule has 1 rings (SSSR count). The number of hydrogen-bond donors (Lipinski definition) is 0. The van der Waals surface area contributed by atoms with Gasteiger partial charge >= 0.3 is 0 Å². The predicted molar refractivity (Wildman–Crippen MR) is 92.3 cm³/mol. The molecule has 0 radical (unpaired) electrons. The van der Waals surface area contributed by atoms with Gasteiger partial charge in [0.15, 0.2) is 0 Å². The lowest BCUT2D eigenvalue weighted by molar-refractivity contribution is -0.0978. The van der Waals surface area contributed by atoms with E-state index in [1.165, 1.54) is 57.8 Å². The highest BCUT2D eigenvalue weighted by molar-refractivity contribution is 4.83. The van der Waals surface area contributed by atoms with Crippen molar-refractivity contribution in [1.82, 2.24) is 0 Å². The first kappa shape index (κ1) is 19.9. The van der Waals surface area contributed by atoms with Crippen LogP contribution in [0.2, 0.25) is 0 Å². The Labute approximate surface area is 138 Å². The zero-order chi connectivity index (χ0) is 16.3. The molecule has 0 aromatic rings. The molecule has 3 heteroatoms. The van der Waals surface area contributed by atoms with Crippen molar-refractivity contribution in [2.24, 2.45) is 11.3 Å². The van der Waals surface area contributed by atoms with Crippen molar-refractivity contribution in [1.29, 1.82) is 0 Å². The average Bonchev–Trinajstić information content (AvgIpc) is 2.51. The second-order valence-electron chi connectivity index (χ2n) is 7.37. The van der Waals surface area contributed by atoms with Gasteiger partial charge in [0.25, 0.3) is 0 Å². The van der Waals surface area contributed by atoms with E-state index in [-0.39, 0.29) is 5.41 Å². The van der Waals surface area contributed by atoms with Crippen LogP contribution in [-0.4, -0.2) is 40.1 Å². The monoisotopic (exact) mass is 314 g/mol. The molecule has 132 valence electrons. The summed E-state index contributed by atoms with van der Waals surface area (Å²) < 4.78 is 17.4. The van der Waals surface area contributed by atoms with Crippen molar-refractivity contribution >= 4 is 0 Å². The van der Waals surface area contributed by atoms with Crippen LogP contribution in [0.25, 0.3) is 0 Å². The molecule has 22 heavy (non-hydrogen) atoms. The fraction of sp³-hybridized carbons (Fsp3) is 1.00. The van der Waals surface area contributed by atoms with E-state index < -0.39 is 0 Å². The van der Waals surface area contributed by atoms with Crippen molar-refractivity contribution in [3.8, 4) is 0 Å². The van der Waals surface area contributed by atoms with Crippen molar-refractivity contribution in [2.45, 2.75) is 77.7 Å². The molecule has 0 aliphatic heterocycles. The van der Waals surface area contributed by atoms with Crippen LogP contribution in [0, 0.1) is 11.3 Å². The summed E-state index contributed by atoms with van der Waals surface area (Å²) in [6.07, 6.45) is 12.4. The molecule has 0 bridgehead atoms. The Morgan fingerprint density at radius 2 is 1.23 bits per heavy atom. The minimum Gasteiger partial charge on any atom is -0.384 e. The van der Waals surface area contributed by atoms with E-state index in [9.17, 15) is 0 Å². The first-order valence-corrected chi connectivity index (χ1v) is 9.24. The molecule has 1 fully saturated rings. The summed E-state index contributed by atoms with van der Waals surface area (Å²) >= 11 is 0. The summed E-state index contributed by atoms with van der Waals surface area (Å²) in [6.45, 7) is 6.64. The molecular weight excluding hydrogens is 276 g/mol. The lowest BCUT2D eigenvalue weighted by atomic mass is 9.79. The number of methoxy groups -OCH3 is 2. The van der Waals surface area contributed by atoms with Gasteiger partial charge in [-0.1, -0.05) is 58.8 Å². The van der Waals surface area contributed by atoms with Crippen molar-refractivity contribution in [2.75, 3.05) is 34.0 Å². The summed E-state index contributed by atoms with van der Waals surface area (Å²) in [6, 6.07) is 0. The van der Waals surface area contributed by atoms with Crippen LogP contribution in [0.5, 0.6) is 0 Å². The van der Waals surface area contributed by atoms with Crippen molar-refractivity contribution < 1.29 is 14.2 Å². The van der Waals surface area contributed by atoms with Gasteiger partial charge in [-0.15, -0.1) is 0 Å². The number of rotatable bonds is 8. The van der Waals surface area contributed by atoms with E-state index in [4.69, 9.17) is 14.2 Å². The fourth-order valence-electron chi connectivity index (χ4n) is 3.42. The SMILES string of the molecule is COCC(COC)(COC1CCCCCCCCC1)C(C)C. The van der Waals surface area contributed by atoms with E-state index in [1.807, 2.05) is 0 Å². The van der Waals surface area contributed by atoms with Gasteiger partial charge in [0, 0.05) is 19.6 Å². The Hall–Kier alpha value is -0.120. The van der Waals surface area contributed by atoms with E-state index in [2.05, 4.69) is 13.8 Å². The molecule has 0 spiro atoms. The molecular formula is C19H38O3. The number of ether oxygens (including phenoxy) is 3. The Morgan fingerprint density at radius 1 is 0.773 bits per heavy atom. The minimum atomic E-state index is -0.0290. The molecule has 1 aliphatic rings. The summed E-state index contributed by atoms with van der Waals surface area (Å²) in [5.41, 5.74) is -0.0290. The maximum atomic E-state index is 6.39. The van der Waals surface area contributed by atoms with Crippen LogP contribution in [-0.2, 0) is 14.2 Å². The first-order chi connectivity index (χ1) is 10.6. The third kappa shape index (κ3) is 6.97. The van der Waals surface area contributed by atoms with Crippen molar-refractivity contribution in [3.63, 3.8) is 0 Å². The van der Waals surface area contributed by atoms with Crippen LogP contribution >= 0.6 is 0 Å². The van der Waals surface area contributed by atoms with Gasteiger partial charge in [-0.3, -0.25) is 0 Å². The van der Waals surface area contributed by atoms with Gasteiger partial charge in [-0.2, -0.15) is 0 Å². The van der Waals surface area contributed by atoms with Gasteiger partial charge in [-0.05, 0) is 18.8 Å². The maximum Gasteiger partial charge on any atom is 0.0575 e. The summed E-state index contributed by atoms with van der Waals surface area (Å²) in [5, 5.41) is 0. The predicted octanol–water partition coefficient (Wildman–Crippen LogP) is 4.83. The van der Waals surface area contributed by atoms with E-state index in [0.717, 1.165) is 6.61 Å². The Kier molecular flexibility index (Phi) is 10.3. The van der Waals surface area contributed by atoms with Gasteiger partial charge in [0.05, 0.1) is 25.9 Å². The lowest BCUT2D eigenvalue weighted by Gasteiger charge is -2.37. The smallest absolute Gasteiger partial charge is 0.0575 e. The van der Waals surface area contributed by atoms with Crippen LogP contribution in [0.15, 0.2) is 0 Å². The summed E-state index contributed by atoms with van der Waals surface area (Å²) in [5.74, 6) is 0.479. The third-order valence-corrected chi connectivity index (χ3v) is 5.25. The maximum absolute atomic E-state index is 6.39. The highest BCUT2D eigenvalue weighted by atomic mass is 16.5. The molecule has 1 aliphatic carbocycles. The zero-order valence-corrected chi connectivity index (χ0v) is 15.4. The molecule has 0 saturated heterocycles. The Morgan fingerprint density at radius 3 is 1.64 bits per heavy atom. The fourth-order valence-corrected chi connectivity index (χ4v) is 3.42. The summed E-state index contributed by atoms with van der Waals surface area (Å²) in [7, 11) is 3.55. The van der Waals surface area contributed by atoms with Crippen molar-refractivity contribution in [3.05, 3.63) is 0 Å². The standard InChI is InChI=1S/C19H38O3/c1-17(2)19(14-20-3,15-21-4)16-22-18-12-10-8-6-5-7-9-11-13-18/h17-18H,5-16H2,1-4H3. The van der Waals surface area contributed by atoms with Gasteiger partial charge in [-0.25, -0.2) is 0 Å². The summed E-state index contributed by atoms with van der Waals surface area (Å²) in [4.78, 5) is 0.